The minimum absolute atomic E-state index is 0.324. The first-order valence-corrected chi connectivity index (χ1v) is 6.10. The van der Waals surface area contributed by atoms with E-state index in [4.69, 9.17) is 21.1 Å². The van der Waals surface area contributed by atoms with E-state index in [9.17, 15) is 19.2 Å². The summed E-state index contributed by atoms with van der Waals surface area (Å²) in [4.78, 5) is 44.4. The fourth-order valence-corrected chi connectivity index (χ4v) is 1.29. The highest BCUT2D eigenvalue weighted by atomic mass is 16.4. The van der Waals surface area contributed by atoms with E-state index >= 15 is 0 Å². The van der Waals surface area contributed by atoms with Gasteiger partial charge in [0.25, 0.3) is 0 Å². The Balaban J connectivity index is 4.66. The zero-order chi connectivity index (χ0) is 16.6. The van der Waals surface area contributed by atoms with Crippen molar-refractivity contribution in [3.05, 3.63) is 0 Å². The lowest BCUT2D eigenvalue weighted by Gasteiger charge is -2.20. The summed E-state index contributed by atoms with van der Waals surface area (Å²) in [6.45, 7) is 0.615. The van der Waals surface area contributed by atoms with Gasteiger partial charge in [-0.25, -0.2) is 4.79 Å². The van der Waals surface area contributed by atoms with E-state index in [0.717, 1.165) is 0 Å². The van der Waals surface area contributed by atoms with Crippen molar-refractivity contribution in [1.82, 2.24) is 10.6 Å². The second-order valence-electron chi connectivity index (χ2n) is 4.36. The number of rotatable bonds is 9. The molecule has 3 atom stereocenters. The fourth-order valence-electron chi connectivity index (χ4n) is 1.29. The van der Waals surface area contributed by atoms with Gasteiger partial charge in [0.05, 0.1) is 12.6 Å². The molecule has 0 radical (unpaired) electrons. The lowest BCUT2D eigenvalue weighted by molar-refractivity contribution is -0.143. The first-order valence-electron chi connectivity index (χ1n) is 6.10. The smallest absolute Gasteiger partial charge is 0.326 e. The average molecular weight is 305 g/mol. The highest BCUT2D eigenvalue weighted by Crippen LogP contribution is 1.99. The molecule has 10 heteroatoms. The molecule has 0 spiro atoms. The molecule has 0 aromatic rings. The van der Waals surface area contributed by atoms with E-state index < -0.39 is 54.9 Å². The van der Waals surface area contributed by atoms with Crippen LogP contribution < -0.4 is 16.4 Å². The van der Waals surface area contributed by atoms with Crippen molar-refractivity contribution in [3.63, 3.8) is 0 Å². The highest BCUT2D eigenvalue weighted by Gasteiger charge is 2.27. The number of nitrogens with two attached hydrogens (primary N) is 1. The van der Waals surface area contributed by atoms with Crippen molar-refractivity contribution in [2.75, 3.05) is 6.61 Å². The lowest BCUT2D eigenvalue weighted by atomic mass is 10.1. The summed E-state index contributed by atoms with van der Waals surface area (Å²) in [6, 6.07) is -3.71. The van der Waals surface area contributed by atoms with Crippen molar-refractivity contribution in [1.29, 1.82) is 0 Å². The minimum atomic E-state index is -1.44. The zero-order valence-corrected chi connectivity index (χ0v) is 11.4. The maximum atomic E-state index is 11.8. The predicted octanol–water partition coefficient (Wildman–Crippen LogP) is -2.76. The van der Waals surface area contributed by atoms with Crippen LogP contribution in [0.15, 0.2) is 0 Å². The third-order valence-corrected chi connectivity index (χ3v) is 2.49. The molecule has 0 heterocycles. The first kappa shape index (κ1) is 18.8. The molecule has 0 rings (SSSR count). The van der Waals surface area contributed by atoms with Gasteiger partial charge in [0.15, 0.2) is 0 Å². The van der Waals surface area contributed by atoms with Crippen LogP contribution >= 0.6 is 0 Å². The van der Waals surface area contributed by atoms with Crippen LogP contribution in [0.1, 0.15) is 19.8 Å². The van der Waals surface area contributed by atoms with E-state index in [1.54, 1.807) is 0 Å². The Hall–Kier alpha value is -2.20. The van der Waals surface area contributed by atoms with Crippen molar-refractivity contribution in [2.24, 2.45) is 5.73 Å². The number of nitrogens with one attached hydrogen (secondary N) is 2. The predicted molar refractivity (Wildman–Crippen MR) is 69.1 cm³/mol. The molecule has 0 aliphatic carbocycles. The summed E-state index contributed by atoms with van der Waals surface area (Å²) >= 11 is 0. The number of aliphatic hydroxyl groups excluding tert-OH is 1. The summed E-state index contributed by atoms with van der Waals surface area (Å²) in [5, 5.41) is 30.6. The van der Waals surface area contributed by atoms with Crippen LogP contribution in [0.3, 0.4) is 0 Å². The molecule has 7 N–H and O–H groups in total. The quantitative estimate of drug-likeness (QED) is 0.265. The monoisotopic (exact) mass is 305 g/mol. The fraction of sp³-hybridized carbons (Fsp3) is 0.636. The van der Waals surface area contributed by atoms with Gasteiger partial charge in [-0.2, -0.15) is 0 Å². The Bertz CT molecular complexity index is 411. The Labute approximate surface area is 120 Å². The molecule has 0 aliphatic rings. The largest absolute Gasteiger partial charge is 0.481 e. The molecule has 10 nitrogen and oxygen atoms in total. The van der Waals surface area contributed by atoms with Crippen LogP contribution in [0, 0.1) is 0 Å². The van der Waals surface area contributed by atoms with Crippen LogP contribution in [-0.4, -0.2) is 63.8 Å². The third-order valence-electron chi connectivity index (χ3n) is 2.49. The summed E-state index contributed by atoms with van der Waals surface area (Å²) in [5.41, 5.74) is 5.28. The summed E-state index contributed by atoms with van der Waals surface area (Å²) < 4.78 is 0. The van der Waals surface area contributed by atoms with E-state index in [1.165, 1.54) is 6.92 Å². The van der Waals surface area contributed by atoms with Crippen LogP contribution in [0.4, 0.5) is 0 Å². The van der Waals surface area contributed by atoms with Crippen molar-refractivity contribution in [3.8, 4) is 0 Å². The molecule has 0 unspecified atom stereocenters. The molecule has 0 aliphatic heterocycles. The number of carboxylic acids is 2. The van der Waals surface area contributed by atoms with Gasteiger partial charge in [-0.15, -0.1) is 0 Å². The van der Waals surface area contributed by atoms with Gasteiger partial charge in [0.1, 0.15) is 12.1 Å². The first-order chi connectivity index (χ1) is 9.68. The van der Waals surface area contributed by atoms with Crippen molar-refractivity contribution < 1.29 is 34.5 Å². The Morgan fingerprint density at radius 1 is 1.05 bits per heavy atom. The molecule has 0 aromatic carbocycles. The summed E-state index contributed by atoms with van der Waals surface area (Å²) in [5.74, 6) is -4.26. The molecule has 21 heavy (non-hydrogen) atoms. The maximum absolute atomic E-state index is 11.8. The molecule has 0 aromatic heterocycles. The number of amides is 2. The number of carbonyl (C=O) groups excluding carboxylic acids is 2. The number of carboxylic acid groups (broad SMARTS) is 2. The van der Waals surface area contributed by atoms with Gasteiger partial charge in [0.2, 0.25) is 11.8 Å². The van der Waals surface area contributed by atoms with Crippen LogP contribution in [0.5, 0.6) is 0 Å². The number of aliphatic hydroxyl groups is 1. The molecule has 120 valence electrons. The average Bonchev–Trinajstić information content (AvgIpc) is 2.39. The molecular formula is C11H19N3O7. The highest BCUT2D eigenvalue weighted by molar-refractivity contribution is 5.91. The maximum Gasteiger partial charge on any atom is 0.326 e. The third kappa shape index (κ3) is 7.22. The Morgan fingerprint density at radius 2 is 1.57 bits per heavy atom. The van der Waals surface area contributed by atoms with Crippen molar-refractivity contribution >= 4 is 23.8 Å². The SMILES string of the molecule is C[C@@H](N)C(=O)N[C@@H](CO)C(=O)N[C@@H](CCC(=O)O)C(=O)O. The summed E-state index contributed by atoms with van der Waals surface area (Å²) in [6.07, 6.45) is -0.775. The summed E-state index contributed by atoms with van der Waals surface area (Å²) in [7, 11) is 0. The van der Waals surface area contributed by atoms with Gasteiger partial charge in [-0.3, -0.25) is 14.4 Å². The van der Waals surface area contributed by atoms with Crippen LogP contribution in [-0.2, 0) is 19.2 Å². The van der Waals surface area contributed by atoms with Gasteiger partial charge in [0, 0.05) is 6.42 Å². The van der Waals surface area contributed by atoms with E-state index in [1.807, 2.05) is 5.32 Å². The number of hydrogen-bond acceptors (Lipinski definition) is 6. The second kappa shape index (κ2) is 8.87. The number of hydrogen-bond donors (Lipinski definition) is 6. The molecule has 0 bridgehead atoms. The topological polar surface area (TPSA) is 179 Å². The van der Waals surface area contributed by atoms with Gasteiger partial charge >= 0.3 is 11.9 Å². The molecular weight excluding hydrogens is 286 g/mol. The lowest BCUT2D eigenvalue weighted by Crippen LogP contribution is -2.55. The Kier molecular flexibility index (Phi) is 7.94. The van der Waals surface area contributed by atoms with Crippen molar-refractivity contribution in [2.45, 2.75) is 37.9 Å². The van der Waals surface area contributed by atoms with Crippen LogP contribution in [0.25, 0.3) is 0 Å². The standard InChI is InChI=1S/C11H19N3O7/c1-5(12)9(18)14-7(4-15)10(19)13-6(11(20)21)2-3-8(16)17/h5-7,15H,2-4,12H2,1H3,(H,13,19)(H,14,18)(H,16,17)(H,20,21)/t5-,6+,7+/m1/s1. The second-order valence-corrected chi connectivity index (χ2v) is 4.36. The minimum Gasteiger partial charge on any atom is -0.481 e. The zero-order valence-electron chi connectivity index (χ0n) is 11.4. The molecule has 0 saturated heterocycles. The van der Waals surface area contributed by atoms with Gasteiger partial charge < -0.3 is 31.7 Å². The Morgan fingerprint density at radius 3 is 1.95 bits per heavy atom. The number of aliphatic carboxylic acids is 2. The normalized spacial score (nSPS) is 14.6. The molecule has 2 amide bonds. The van der Waals surface area contributed by atoms with E-state index in [0.29, 0.717) is 0 Å². The van der Waals surface area contributed by atoms with Gasteiger partial charge in [-0.1, -0.05) is 0 Å². The van der Waals surface area contributed by atoms with Gasteiger partial charge in [-0.05, 0) is 13.3 Å². The number of carbonyl (C=O) groups is 4. The molecule has 0 fully saturated rings. The molecule has 0 saturated carbocycles. The van der Waals surface area contributed by atoms with E-state index in [-0.39, 0.29) is 6.42 Å². The van der Waals surface area contributed by atoms with E-state index in [2.05, 4.69) is 5.32 Å². The van der Waals surface area contributed by atoms with Crippen LogP contribution in [0.2, 0.25) is 0 Å².